The number of nitrogens with one attached hydrogen (secondary N) is 1. The van der Waals surface area contributed by atoms with E-state index in [2.05, 4.69) is 4.98 Å². The molecule has 0 radical (unpaired) electrons. The SMILES string of the molecule is Nc1ccc2[nH]c(O)c(C(=Nc3ccc(OCc4ccccc4)cc3)c3ccccc3)c2c1. The smallest absolute Gasteiger partial charge is 0.199 e. The van der Waals surface area contributed by atoms with Gasteiger partial charge in [-0.05, 0) is 48.0 Å². The van der Waals surface area contributed by atoms with Gasteiger partial charge in [-0.15, -0.1) is 0 Å². The van der Waals surface area contributed by atoms with E-state index in [0.29, 0.717) is 23.6 Å². The summed E-state index contributed by atoms with van der Waals surface area (Å²) >= 11 is 0. The summed E-state index contributed by atoms with van der Waals surface area (Å²) in [5, 5.41) is 11.6. The molecule has 0 aliphatic carbocycles. The number of hydrogen-bond acceptors (Lipinski definition) is 4. The van der Waals surface area contributed by atoms with Crippen molar-refractivity contribution < 1.29 is 9.84 Å². The zero-order valence-corrected chi connectivity index (χ0v) is 17.9. The van der Waals surface area contributed by atoms with Crippen LogP contribution in [0, 0.1) is 0 Å². The molecule has 0 atom stereocenters. The number of nitrogen functional groups attached to an aromatic ring is 1. The highest BCUT2D eigenvalue weighted by Gasteiger charge is 2.18. The van der Waals surface area contributed by atoms with Crippen molar-refractivity contribution in [3.8, 4) is 11.6 Å². The van der Waals surface area contributed by atoms with E-state index in [1.807, 2.05) is 97.1 Å². The van der Waals surface area contributed by atoms with Crippen molar-refractivity contribution in [3.05, 3.63) is 120 Å². The summed E-state index contributed by atoms with van der Waals surface area (Å²) in [7, 11) is 0. The number of rotatable bonds is 6. The Balaban J connectivity index is 1.51. The summed E-state index contributed by atoms with van der Waals surface area (Å²) in [6.07, 6.45) is 0. The minimum atomic E-state index is 0.0565. The maximum absolute atomic E-state index is 10.8. The highest BCUT2D eigenvalue weighted by atomic mass is 16.5. The van der Waals surface area contributed by atoms with Gasteiger partial charge < -0.3 is 20.6 Å². The first-order valence-corrected chi connectivity index (χ1v) is 10.7. The molecular weight excluding hydrogens is 410 g/mol. The van der Waals surface area contributed by atoms with Gasteiger partial charge in [0.1, 0.15) is 12.4 Å². The molecule has 5 aromatic rings. The first-order valence-electron chi connectivity index (χ1n) is 10.7. The Kier molecular flexibility index (Phi) is 5.52. The number of fused-ring (bicyclic) bond motifs is 1. The number of anilines is 1. The van der Waals surface area contributed by atoms with E-state index < -0.39 is 0 Å². The molecule has 0 spiro atoms. The Hall–Kier alpha value is -4.51. The second-order valence-corrected chi connectivity index (χ2v) is 7.75. The van der Waals surface area contributed by atoms with Crippen molar-refractivity contribution in [2.24, 2.45) is 4.99 Å². The largest absolute Gasteiger partial charge is 0.494 e. The molecule has 4 N–H and O–H groups in total. The lowest BCUT2D eigenvalue weighted by Crippen LogP contribution is -2.03. The third-order valence-electron chi connectivity index (χ3n) is 5.41. The summed E-state index contributed by atoms with van der Waals surface area (Å²) in [5.41, 5.74) is 11.5. The molecule has 0 amide bonds. The molecule has 0 fully saturated rings. The van der Waals surface area contributed by atoms with Crippen molar-refractivity contribution in [2.75, 3.05) is 5.73 Å². The Labute approximate surface area is 191 Å². The van der Waals surface area contributed by atoms with Gasteiger partial charge in [-0.1, -0.05) is 60.7 Å². The van der Waals surface area contributed by atoms with Crippen LogP contribution in [0.3, 0.4) is 0 Å². The Morgan fingerprint density at radius 3 is 2.27 bits per heavy atom. The van der Waals surface area contributed by atoms with Crippen molar-refractivity contribution in [3.63, 3.8) is 0 Å². The molecule has 0 bridgehead atoms. The van der Waals surface area contributed by atoms with Crippen LogP contribution in [0.2, 0.25) is 0 Å². The summed E-state index contributed by atoms with van der Waals surface area (Å²) in [4.78, 5) is 7.94. The molecule has 5 heteroatoms. The average molecular weight is 434 g/mol. The van der Waals surface area contributed by atoms with Crippen LogP contribution >= 0.6 is 0 Å². The number of aromatic amines is 1. The quantitative estimate of drug-likeness (QED) is 0.220. The van der Waals surface area contributed by atoms with Crippen LogP contribution < -0.4 is 10.5 Å². The van der Waals surface area contributed by atoms with Crippen molar-refractivity contribution in [2.45, 2.75) is 6.61 Å². The standard InChI is InChI=1S/C28H23N3O2/c29-21-11-16-25-24(17-21)26(28(32)31-25)27(20-9-5-2-6-10-20)30-22-12-14-23(15-13-22)33-18-19-7-3-1-4-8-19/h1-17,31-32H,18,29H2. The van der Waals surface area contributed by atoms with E-state index in [-0.39, 0.29) is 5.88 Å². The molecule has 0 saturated carbocycles. The van der Waals surface area contributed by atoms with Crippen molar-refractivity contribution in [1.82, 2.24) is 4.98 Å². The van der Waals surface area contributed by atoms with Gasteiger partial charge in [-0.3, -0.25) is 0 Å². The van der Waals surface area contributed by atoms with E-state index in [9.17, 15) is 5.11 Å². The first kappa shape index (κ1) is 20.4. The fourth-order valence-corrected chi connectivity index (χ4v) is 3.78. The summed E-state index contributed by atoms with van der Waals surface area (Å²) < 4.78 is 5.89. The second-order valence-electron chi connectivity index (χ2n) is 7.75. The number of H-pyrrole nitrogens is 1. The monoisotopic (exact) mass is 433 g/mol. The van der Waals surface area contributed by atoms with Crippen molar-refractivity contribution in [1.29, 1.82) is 0 Å². The lowest BCUT2D eigenvalue weighted by molar-refractivity contribution is 0.306. The van der Waals surface area contributed by atoms with Gasteiger partial charge >= 0.3 is 0 Å². The molecule has 4 aromatic carbocycles. The van der Waals surface area contributed by atoms with Gasteiger partial charge in [0.05, 0.1) is 17.0 Å². The topological polar surface area (TPSA) is 83.6 Å². The molecule has 0 saturated heterocycles. The Morgan fingerprint density at radius 2 is 1.55 bits per heavy atom. The second kappa shape index (κ2) is 8.93. The molecule has 0 aliphatic heterocycles. The summed E-state index contributed by atoms with van der Waals surface area (Å²) in [5.74, 6) is 0.822. The maximum atomic E-state index is 10.8. The summed E-state index contributed by atoms with van der Waals surface area (Å²) in [6.45, 7) is 0.503. The number of aromatic hydroxyl groups is 1. The predicted octanol–water partition coefficient (Wildman–Crippen LogP) is 6.20. The molecule has 1 aromatic heterocycles. The normalized spacial score (nSPS) is 11.6. The lowest BCUT2D eigenvalue weighted by Gasteiger charge is -2.09. The zero-order valence-electron chi connectivity index (χ0n) is 17.9. The van der Waals surface area contributed by atoms with Gasteiger partial charge in [0.25, 0.3) is 0 Å². The third-order valence-corrected chi connectivity index (χ3v) is 5.41. The van der Waals surface area contributed by atoms with E-state index in [0.717, 1.165) is 33.5 Å². The number of hydrogen-bond donors (Lipinski definition) is 3. The van der Waals surface area contributed by atoms with E-state index in [4.69, 9.17) is 15.5 Å². The van der Waals surface area contributed by atoms with Crippen LogP contribution in [0.1, 0.15) is 16.7 Å². The van der Waals surface area contributed by atoms with E-state index in [1.54, 1.807) is 6.07 Å². The molecule has 1 heterocycles. The van der Waals surface area contributed by atoms with Gasteiger partial charge in [0.15, 0.2) is 5.88 Å². The zero-order chi connectivity index (χ0) is 22.6. The van der Waals surface area contributed by atoms with Crippen LogP contribution in [0.5, 0.6) is 11.6 Å². The third kappa shape index (κ3) is 4.43. The Morgan fingerprint density at radius 1 is 0.848 bits per heavy atom. The number of aliphatic imine (C=N–C) groups is 1. The summed E-state index contributed by atoms with van der Waals surface area (Å²) in [6, 6.07) is 33.0. The van der Waals surface area contributed by atoms with Crippen LogP contribution in [0.4, 0.5) is 11.4 Å². The minimum Gasteiger partial charge on any atom is -0.494 e. The fraction of sp³-hybridized carbons (Fsp3) is 0.0357. The maximum Gasteiger partial charge on any atom is 0.199 e. The lowest BCUT2D eigenvalue weighted by atomic mass is 10.0. The fourth-order valence-electron chi connectivity index (χ4n) is 3.78. The molecule has 0 unspecified atom stereocenters. The van der Waals surface area contributed by atoms with Gasteiger partial charge in [-0.2, -0.15) is 0 Å². The Bertz CT molecular complexity index is 1410. The number of ether oxygens (including phenoxy) is 1. The molecule has 0 aliphatic rings. The molecule has 5 nitrogen and oxygen atoms in total. The van der Waals surface area contributed by atoms with E-state index in [1.165, 1.54) is 0 Å². The molecule has 33 heavy (non-hydrogen) atoms. The molecular formula is C28H23N3O2. The molecule has 162 valence electrons. The van der Waals surface area contributed by atoms with Gasteiger partial charge in [-0.25, -0.2) is 4.99 Å². The van der Waals surface area contributed by atoms with Crippen LogP contribution in [-0.2, 0) is 6.61 Å². The first-order chi connectivity index (χ1) is 16.2. The number of nitrogens with zero attached hydrogens (tertiary/aromatic N) is 1. The predicted molar refractivity (Wildman–Crippen MR) is 133 cm³/mol. The number of benzene rings is 4. The van der Waals surface area contributed by atoms with Gasteiger partial charge in [0.2, 0.25) is 0 Å². The van der Waals surface area contributed by atoms with Crippen LogP contribution in [0.25, 0.3) is 10.9 Å². The van der Waals surface area contributed by atoms with Crippen molar-refractivity contribution >= 4 is 28.0 Å². The van der Waals surface area contributed by atoms with Gasteiger partial charge in [0, 0.05) is 22.2 Å². The highest BCUT2D eigenvalue weighted by Crippen LogP contribution is 2.33. The minimum absolute atomic E-state index is 0.0565. The average Bonchev–Trinajstić information content (AvgIpc) is 3.18. The highest BCUT2D eigenvalue weighted by molar-refractivity contribution is 6.22. The number of nitrogens with two attached hydrogens (primary N) is 1. The number of aromatic nitrogens is 1. The van der Waals surface area contributed by atoms with Crippen LogP contribution in [0.15, 0.2) is 108 Å². The van der Waals surface area contributed by atoms with E-state index >= 15 is 0 Å². The molecule has 5 rings (SSSR count). The van der Waals surface area contributed by atoms with Crippen LogP contribution in [-0.4, -0.2) is 15.8 Å².